The van der Waals surface area contributed by atoms with E-state index in [4.69, 9.17) is 0 Å². The molecular formula is C19H18N4. The molecule has 0 amide bonds. The van der Waals surface area contributed by atoms with Crippen LogP contribution in [0.15, 0.2) is 67.5 Å². The molecular weight excluding hydrogens is 284 g/mol. The highest BCUT2D eigenvalue weighted by atomic mass is 15.1. The molecule has 0 fully saturated rings. The maximum atomic E-state index is 4.57. The summed E-state index contributed by atoms with van der Waals surface area (Å²) in [7, 11) is 0. The van der Waals surface area contributed by atoms with Crippen molar-refractivity contribution in [2.45, 2.75) is 19.8 Å². The van der Waals surface area contributed by atoms with E-state index < -0.39 is 0 Å². The normalized spacial score (nSPS) is 11.4. The van der Waals surface area contributed by atoms with Gasteiger partial charge in [0, 0.05) is 23.8 Å². The van der Waals surface area contributed by atoms with Crippen LogP contribution in [-0.2, 0) is 0 Å². The highest BCUT2D eigenvalue weighted by Gasteiger charge is 2.08. The Morgan fingerprint density at radius 1 is 0.957 bits per heavy atom. The Morgan fingerprint density at radius 3 is 2.61 bits per heavy atom. The molecule has 2 aromatic heterocycles. The number of aromatic nitrogens is 4. The van der Waals surface area contributed by atoms with Gasteiger partial charge in [-0.25, -0.2) is 9.97 Å². The Morgan fingerprint density at radius 2 is 1.83 bits per heavy atom. The molecule has 0 atom stereocenters. The van der Waals surface area contributed by atoms with E-state index in [0.717, 1.165) is 22.4 Å². The molecule has 2 aromatic carbocycles. The smallest absolute Gasteiger partial charge is 0.100 e. The van der Waals surface area contributed by atoms with Crippen molar-refractivity contribution < 1.29 is 0 Å². The predicted molar refractivity (Wildman–Crippen MR) is 92.3 cm³/mol. The van der Waals surface area contributed by atoms with E-state index in [1.165, 1.54) is 5.56 Å². The summed E-state index contributed by atoms with van der Waals surface area (Å²) in [5, 5.41) is 0. The zero-order valence-electron chi connectivity index (χ0n) is 13.2. The van der Waals surface area contributed by atoms with Crippen molar-refractivity contribution in [1.82, 2.24) is 19.1 Å². The second-order valence-corrected chi connectivity index (χ2v) is 6.01. The molecule has 2 heterocycles. The van der Waals surface area contributed by atoms with E-state index in [1.807, 2.05) is 17.1 Å². The molecule has 0 N–H and O–H groups in total. The van der Waals surface area contributed by atoms with Gasteiger partial charge in [0.15, 0.2) is 0 Å². The molecule has 4 rings (SSSR count). The Bertz CT molecular complexity index is 949. The van der Waals surface area contributed by atoms with Crippen molar-refractivity contribution in [2.75, 3.05) is 0 Å². The van der Waals surface area contributed by atoms with Crippen molar-refractivity contribution in [3.8, 4) is 11.4 Å². The van der Waals surface area contributed by atoms with Crippen LogP contribution in [0, 0.1) is 0 Å². The topological polar surface area (TPSA) is 35.6 Å². The summed E-state index contributed by atoms with van der Waals surface area (Å²) in [6.07, 6.45) is 7.43. The lowest BCUT2D eigenvalue weighted by atomic mass is 10.0. The van der Waals surface area contributed by atoms with Crippen LogP contribution in [0.5, 0.6) is 0 Å². The second kappa shape index (κ2) is 5.39. The van der Waals surface area contributed by atoms with E-state index in [0.29, 0.717) is 5.92 Å². The molecule has 0 unspecified atom stereocenters. The van der Waals surface area contributed by atoms with Crippen LogP contribution in [0.1, 0.15) is 25.3 Å². The largest absolute Gasteiger partial charge is 0.306 e. The molecule has 0 saturated carbocycles. The maximum absolute atomic E-state index is 4.57. The molecule has 0 aliphatic heterocycles. The van der Waals surface area contributed by atoms with Crippen molar-refractivity contribution in [3.05, 3.63) is 73.1 Å². The Kier molecular flexibility index (Phi) is 3.23. The van der Waals surface area contributed by atoms with Crippen LogP contribution in [0.2, 0.25) is 0 Å². The number of hydrogen-bond donors (Lipinski definition) is 0. The molecule has 4 aromatic rings. The third-order valence-electron chi connectivity index (χ3n) is 4.15. The number of benzene rings is 2. The van der Waals surface area contributed by atoms with Crippen LogP contribution < -0.4 is 0 Å². The summed E-state index contributed by atoms with van der Waals surface area (Å²) in [6.45, 7) is 4.40. The lowest BCUT2D eigenvalue weighted by Gasteiger charge is -2.09. The van der Waals surface area contributed by atoms with E-state index in [9.17, 15) is 0 Å². The number of fused-ring (bicyclic) bond motifs is 1. The van der Waals surface area contributed by atoms with Gasteiger partial charge in [-0.2, -0.15) is 0 Å². The molecule has 0 radical (unpaired) electrons. The van der Waals surface area contributed by atoms with Crippen molar-refractivity contribution in [1.29, 1.82) is 0 Å². The molecule has 4 nitrogen and oxygen atoms in total. The summed E-state index contributed by atoms with van der Waals surface area (Å²) < 4.78 is 4.12. The van der Waals surface area contributed by atoms with Crippen LogP contribution in [0.3, 0.4) is 0 Å². The SMILES string of the molecule is CC(C)c1ccc2c(c1)ncn2-c1cccc(-n2ccnc2)c1. The first-order valence-corrected chi connectivity index (χ1v) is 7.78. The van der Waals surface area contributed by atoms with Gasteiger partial charge >= 0.3 is 0 Å². The molecule has 114 valence electrons. The number of imidazole rings is 2. The monoisotopic (exact) mass is 302 g/mol. The van der Waals surface area contributed by atoms with E-state index >= 15 is 0 Å². The molecule has 0 aliphatic rings. The molecule has 0 spiro atoms. The zero-order chi connectivity index (χ0) is 15.8. The van der Waals surface area contributed by atoms with Gasteiger partial charge in [0.25, 0.3) is 0 Å². The quantitative estimate of drug-likeness (QED) is 0.564. The van der Waals surface area contributed by atoms with Gasteiger partial charge in [-0.1, -0.05) is 26.0 Å². The van der Waals surface area contributed by atoms with Gasteiger partial charge in [0.1, 0.15) is 6.33 Å². The minimum atomic E-state index is 0.508. The highest BCUT2D eigenvalue weighted by molar-refractivity contribution is 5.78. The summed E-state index contributed by atoms with van der Waals surface area (Å²) in [6, 6.07) is 14.9. The first-order chi connectivity index (χ1) is 11.2. The van der Waals surface area contributed by atoms with E-state index in [1.54, 1.807) is 12.5 Å². The lowest BCUT2D eigenvalue weighted by Crippen LogP contribution is -1.96. The van der Waals surface area contributed by atoms with Gasteiger partial charge in [-0.15, -0.1) is 0 Å². The fourth-order valence-corrected chi connectivity index (χ4v) is 2.81. The Hall–Kier alpha value is -2.88. The van der Waals surface area contributed by atoms with E-state index in [-0.39, 0.29) is 0 Å². The molecule has 4 heteroatoms. The first-order valence-electron chi connectivity index (χ1n) is 7.78. The first kappa shape index (κ1) is 13.8. The van der Waals surface area contributed by atoms with Crippen LogP contribution in [0.4, 0.5) is 0 Å². The third-order valence-corrected chi connectivity index (χ3v) is 4.15. The molecule has 0 saturated heterocycles. The lowest BCUT2D eigenvalue weighted by molar-refractivity contribution is 0.868. The van der Waals surface area contributed by atoms with Gasteiger partial charge in [0.05, 0.1) is 17.4 Å². The summed E-state index contributed by atoms with van der Waals surface area (Å²) in [5.41, 5.74) is 5.65. The fourth-order valence-electron chi connectivity index (χ4n) is 2.81. The highest BCUT2D eigenvalue weighted by Crippen LogP contribution is 2.24. The summed E-state index contributed by atoms with van der Waals surface area (Å²) >= 11 is 0. The standard InChI is InChI=1S/C19H18N4/c1-14(2)15-6-7-19-18(10-15)21-13-23(19)17-5-3-4-16(11-17)22-9-8-20-12-22/h3-14H,1-2H3. The predicted octanol–water partition coefficient (Wildman–Crippen LogP) is 4.33. The van der Waals surface area contributed by atoms with Gasteiger partial charge in [-0.3, -0.25) is 4.57 Å². The van der Waals surface area contributed by atoms with Gasteiger partial charge < -0.3 is 4.57 Å². The summed E-state index contributed by atoms with van der Waals surface area (Å²) in [4.78, 5) is 8.69. The molecule has 0 bridgehead atoms. The van der Waals surface area contributed by atoms with Gasteiger partial charge in [0.2, 0.25) is 0 Å². The van der Waals surface area contributed by atoms with Crippen molar-refractivity contribution in [2.24, 2.45) is 0 Å². The van der Waals surface area contributed by atoms with E-state index in [2.05, 4.69) is 70.8 Å². The fraction of sp³-hybridized carbons (Fsp3) is 0.158. The number of hydrogen-bond acceptors (Lipinski definition) is 2. The average Bonchev–Trinajstić information content (AvgIpc) is 3.24. The maximum Gasteiger partial charge on any atom is 0.100 e. The van der Waals surface area contributed by atoms with Crippen LogP contribution in [0.25, 0.3) is 22.4 Å². The second-order valence-electron chi connectivity index (χ2n) is 6.01. The average molecular weight is 302 g/mol. The third kappa shape index (κ3) is 2.42. The van der Waals surface area contributed by atoms with Crippen LogP contribution >= 0.6 is 0 Å². The number of rotatable bonds is 3. The number of nitrogens with zero attached hydrogens (tertiary/aromatic N) is 4. The minimum absolute atomic E-state index is 0.508. The Balaban J connectivity index is 1.82. The van der Waals surface area contributed by atoms with Gasteiger partial charge in [-0.05, 0) is 41.8 Å². The molecule has 23 heavy (non-hydrogen) atoms. The minimum Gasteiger partial charge on any atom is -0.306 e. The summed E-state index contributed by atoms with van der Waals surface area (Å²) in [5.74, 6) is 0.508. The van der Waals surface area contributed by atoms with Crippen molar-refractivity contribution in [3.63, 3.8) is 0 Å². The van der Waals surface area contributed by atoms with Crippen molar-refractivity contribution >= 4 is 11.0 Å². The Labute approximate surface area is 135 Å². The van der Waals surface area contributed by atoms with Crippen LogP contribution in [-0.4, -0.2) is 19.1 Å². The zero-order valence-corrected chi connectivity index (χ0v) is 13.2. The molecule has 0 aliphatic carbocycles.